The van der Waals surface area contributed by atoms with Gasteiger partial charge in [0.05, 0.1) is 69.1 Å². The molecular weight excluding hydrogens is 1070 g/mol. The number of hydrogen-bond acceptors (Lipinski definition) is 12. The summed E-state index contributed by atoms with van der Waals surface area (Å²) in [5.41, 5.74) is -4.43. The van der Waals surface area contributed by atoms with E-state index in [9.17, 15) is 59.4 Å². The number of carbonyl (C=O) groups excluding carboxylic acids is 4. The molecular formula is C51H59F10N10O8+. The van der Waals surface area contributed by atoms with Crippen molar-refractivity contribution in [3.8, 4) is 23.1 Å². The summed E-state index contributed by atoms with van der Waals surface area (Å²) in [5, 5.41) is 22.0. The average Bonchev–Trinajstić information content (AvgIpc) is 3.90. The number of anilines is 1. The van der Waals surface area contributed by atoms with Gasteiger partial charge in [-0.3, -0.25) is 15.0 Å². The molecule has 4 amide bonds. The maximum Gasteiger partial charge on any atom is 0.407 e. The number of halogens is 10. The molecule has 28 heteroatoms. The van der Waals surface area contributed by atoms with Gasteiger partial charge < -0.3 is 45.1 Å². The Labute approximate surface area is 447 Å². The smallest absolute Gasteiger partial charge is 0.407 e. The molecule has 79 heavy (non-hydrogen) atoms. The van der Waals surface area contributed by atoms with Gasteiger partial charge in [0.2, 0.25) is 5.91 Å². The molecule has 0 bridgehead atoms. The number of aliphatic hydroxyl groups excluding tert-OH is 1. The van der Waals surface area contributed by atoms with Gasteiger partial charge in [-0.2, -0.15) is 40.2 Å². The van der Waals surface area contributed by atoms with Gasteiger partial charge in [-0.05, 0) is 82.1 Å². The standard InChI is InChI=1S/C51H58F10N10O8/c1-48(2,50(56,57)58)41(64-46(75)77-5)43(73)63-38(21-30-10-7-29(8-11-30)9-12-31-13-14-40(62-24-31)69-19-17-68(18-20-69)33-27-79-28-33)39(72)26-70(67-44(74)42(65-47(76)78-6)49(3,4)51(59,60)61)25-34-35(52)22-32(23-36(34)53)37-15-16-71(66-37)45(54)55/h7-8,10-11,13-16,22-24,33,38-39,41-42,45,72H,17-21,25-28H2,1-6H3,(H,63,73)(H,64,75)(H,65,76)(H,67,74)/p+1/t38-,39-,41+,42+/m0/s1. The molecule has 2 aromatic carbocycles. The van der Waals surface area contributed by atoms with Crippen LogP contribution in [0, 0.1) is 34.3 Å². The van der Waals surface area contributed by atoms with Gasteiger partial charge in [-0.1, -0.05) is 24.0 Å². The lowest BCUT2D eigenvalue weighted by atomic mass is 9.82. The van der Waals surface area contributed by atoms with Crippen molar-refractivity contribution in [2.45, 2.75) is 89.8 Å². The van der Waals surface area contributed by atoms with E-state index in [-0.39, 0.29) is 21.5 Å². The maximum atomic E-state index is 16.0. The number of nitrogens with zero attached hydrogens (tertiary/aromatic N) is 5. The quantitative estimate of drug-likeness (QED) is 0.0431. The molecule has 4 aromatic rings. The number of hydrazine groups is 1. The first-order valence-electron chi connectivity index (χ1n) is 24.4. The molecule has 0 unspecified atom stereocenters. The highest BCUT2D eigenvalue weighted by Crippen LogP contribution is 2.42. The number of rotatable bonds is 19. The molecule has 6 N–H and O–H groups in total. The van der Waals surface area contributed by atoms with Crippen LogP contribution in [0.2, 0.25) is 0 Å². The Morgan fingerprint density at radius 3 is 1.84 bits per heavy atom. The molecule has 2 aromatic heterocycles. The second-order valence-electron chi connectivity index (χ2n) is 19.9. The van der Waals surface area contributed by atoms with Crippen molar-refractivity contribution in [3.05, 3.63) is 101 Å². The summed E-state index contributed by atoms with van der Waals surface area (Å²) in [6.45, 7) is 1.94. The summed E-state index contributed by atoms with van der Waals surface area (Å²) in [6.07, 6.45) is -13.6. The Morgan fingerprint density at radius 2 is 1.35 bits per heavy atom. The van der Waals surface area contributed by atoms with Crippen LogP contribution in [0.1, 0.15) is 56.5 Å². The number of alkyl halides is 8. The lowest BCUT2D eigenvalue weighted by molar-refractivity contribution is -0.935. The lowest BCUT2D eigenvalue weighted by Crippen LogP contribution is -3.20. The number of ether oxygens (including phenoxy) is 3. The summed E-state index contributed by atoms with van der Waals surface area (Å²) in [7, 11) is 1.60. The van der Waals surface area contributed by atoms with E-state index in [4.69, 9.17) is 4.74 Å². The number of benzene rings is 2. The van der Waals surface area contributed by atoms with Crippen molar-refractivity contribution in [1.82, 2.24) is 41.1 Å². The van der Waals surface area contributed by atoms with E-state index in [0.717, 1.165) is 71.7 Å². The number of amides is 4. The number of aromatic nitrogens is 3. The Hall–Kier alpha value is -7.22. The number of aliphatic hydroxyl groups is 1. The van der Waals surface area contributed by atoms with E-state index in [1.165, 1.54) is 29.2 Å². The van der Waals surface area contributed by atoms with E-state index in [2.05, 4.69) is 41.6 Å². The number of quaternary nitrogens is 1. The van der Waals surface area contributed by atoms with E-state index in [0.29, 0.717) is 62.0 Å². The first-order chi connectivity index (χ1) is 37.0. The van der Waals surface area contributed by atoms with E-state index in [1.807, 2.05) is 22.9 Å². The normalized spacial score (nSPS) is 16.2. The van der Waals surface area contributed by atoms with Crippen molar-refractivity contribution in [1.29, 1.82) is 0 Å². The van der Waals surface area contributed by atoms with Crippen LogP contribution >= 0.6 is 0 Å². The fourth-order valence-electron chi connectivity index (χ4n) is 8.47. The highest BCUT2D eigenvalue weighted by Gasteiger charge is 2.57. The van der Waals surface area contributed by atoms with Crippen molar-refractivity contribution in [3.63, 3.8) is 0 Å². The molecule has 6 rings (SSSR count). The van der Waals surface area contributed by atoms with Crippen molar-refractivity contribution >= 4 is 29.8 Å². The minimum absolute atomic E-state index is 0.197. The first kappa shape index (κ1) is 61.0. The van der Waals surface area contributed by atoms with E-state index >= 15 is 8.78 Å². The molecule has 2 fully saturated rings. The first-order valence-corrected chi connectivity index (χ1v) is 24.4. The minimum Gasteiger partial charge on any atom is -0.453 e. The molecule has 0 aliphatic carbocycles. The number of alkyl carbamates (subject to hydrolysis) is 2. The van der Waals surface area contributed by atoms with Gasteiger partial charge in [0.15, 0.2) is 0 Å². The Morgan fingerprint density at radius 1 is 0.810 bits per heavy atom. The van der Waals surface area contributed by atoms with Gasteiger partial charge in [-0.15, -0.1) is 0 Å². The second-order valence-corrected chi connectivity index (χ2v) is 19.9. The zero-order valence-corrected chi connectivity index (χ0v) is 43.5. The van der Waals surface area contributed by atoms with Crippen LogP contribution in [0.4, 0.5) is 59.3 Å². The molecule has 2 aliphatic heterocycles. The summed E-state index contributed by atoms with van der Waals surface area (Å²) in [5.74, 6) is 0.714. The number of pyridine rings is 1. The van der Waals surface area contributed by atoms with Gasteiger partial charge in [0, 0.05) is 47.7 Å². The molecule has 4 atom stereocenters. The third-order valence-electron chi connectivity index (χ3n) is 13.8. The highest BCUT2D eigenvalue weighted by atomic mass is 19.4. The fraction of sp³-hybridized carbons (Fsp3) is 0.490. The van der Waals surface area contributed by atoms with Gasteiger partial charge in [0.1, 0.15) is 48.8 Å². The molecule has 0 saturated carbocycles. The fourth-order valence-corrected chi connectivity index (χ4v) is 8.47. The van der Waals surface area contributed by atoms with Crippen molar-refractivity contribution < 1.29 is 87.3 Å². The van der Waals surface area contributed by atoms with E-state index < -0.39 is 115 Å². The van der Waals surface area contributed by atoms with Crippen molar-refractivity contribution in [2.75, 3.05) is 65.1 Å². The van der Waals surface area contributed by atoms with Gasteiger partial charge in [0.25, 0.3) is 5.91 Å². The average molecular weight is 1130 g/mol. The second kappa shape index (κ2) is 25.3. The Balaban J connectivity index is 1.32. The lowest BCUT2D eigenvalue weighted by Gasteiger charge is -2.40. The van der Waals surface area contributed by atoms with Crippen LogP contribution in [0.15, 0.2) is 67.0 Å². The molecule has 430 valence electrons. The zero-order valence-electron chi connectivity index (χ0n) is 43.5. The monoisotopic (exact) mass is 1130 g/mol. The zero-order chi connectivity index (χ0) is 58.2. The van der Waals surface area contributed by atoms with Crippen LogP contribution in [0.25, 0.3) is 11.3 Å². The predicted octanol–water partition coefficient (Wildman–Crippen LogP) is 4.67. The third-order valence-corrected chi connectivity index (χ3v) is 13.8. The number of nitrogens with one attached hydrogen (secondary N) is 5. The largest absolute Gasteiger partial charge is 0.453 e. The number of hydrogen-bond donors (Lipinski definition) is 6. The molecule has 0 spiro atoms. The molecule has 0 radical (unpaired) electrons. The van der Waals surface area contributed by atoms with Gasteiger partial charge in [-0.25, -0.2) is 33.0 Å². The van der Waals surface area contributed by atoms with E-state index in [1.54, 1.807) is 11.5 Å². The minimum atomic E-state index is -5.23. The summed E-state index contributed by atoms with van der Waals surface area (Å²) >= 11 is 0. The Kier molecular flexibility index (Phi) is 19.5. The van der Waals surface area contributed by atoms with Gasteiger partial charge >= 0.3 is 31.1 Å². The SMILES string of the molecule is COC(=O)N[C@H](C(=O)N[C@@H](Cc1ccc(C#Cc2ccc(N3CC[NH+](C4COC4)CC3)nc2)cc1)[C@@H](O)CN(Cc1c(F)cc(-c2ccn(C(F)F)n2)cc1F)NC(=O)[C@@H](NC(=O)OC)C(C)(C)C(F)(F)F)C(C)(C)C(F)(F)F. The van der Waals surface area contributed by atoms with Crippen LogP contribution in [0.5, 0.6) is 0 Å². The number of methoxy groups -OCH3 is 2. The van der Waals surface area contributed by atoms with Crippen LogP contribution < -0.4 is 31.2 Å². The Bertz CT molecular complexity index is 2810. The molecule has 2 aliphatic rings. The van der Waals surface area contributed by atoms with Crippen LogP contribution in [-0.2, 0) is 36.8 Å². The summed E-state index contributed by atoms with van der Waals surface area (Å²) in [4.78, 5) is 61.1. The van der Waals surface area contributed by atoms with Crippen LogP contribution in [-0.4, -0.2) is 152 Å². The third kappa shape index (κ3) is 15.1. The van der Waals surface area contributed by atoms with Crippen LogP contribution in [0.3, 0.4) is 0 Å². The topological polar surface area (TPSA) is 206 Å². The highest BCUT2D eigenvalue weighted by molar-refractivity contribution is 5.87. The molecule has 18 nitrogen and oxygen atoms in total. The predicted molar refractivity (Wildman–Crippen MR) is 262 cm³/mol. The van der Waals surface area contributed by atoms with Crippen molar-refractivity contribution in [2.24, 2.45) is 10.8 Å². The maximum absolute atomic E-state index is 16.0. The summed E-state index contributed by atoms with van der Waals surface area (Å²) in [6, 6.07) is 5.78. The molecule has 2 saturated heterocycles. The number of carbonyl (C=O) groups is 4. The summed E-state index contributed by atoms with van der Waals surface area (Å²) < 4.78 is 160. The molecule has 4 heterocycles. The number of piperazine rings is 1.